The molecular formula is C85H74N2. The summed E-state index contributed by atoms with van der Waals surface area (Å²) in [5.74, 6) is 0. The lowest BCUT2D eigenvalue weighted by Crippen LogP contribution is -2.62. The molecule has 87 heavy (non-hydrogen) atoms. The molecule has 0 bridgehead atoms. The van der Waals surface area contributed by atoms with Gasteiger partial charge in [-0.05, 0) is 158 Å². The van der Waals surface area contributed by atoms with Gasteiger partial charge >= 0.3 is 0 Å². The molecule has 12 aromatic carbocycles. The Labute approximate surface area is 515 Å². The van der Waals surface area contributed by atoms with E-state index >= 15 is 0 Å². The van der Waals surface area contributed by atoms with Crippen molar-refractivity contribution in [2.75, 3.05) is 9.80 Å². The van der Waals surface area contributed by atoms with Gasteiger partial charge in [-0.1, -0.05) is 284 Å². The van der Waals surface area contributed by atoms with E-state index in [4.69, 9.17) is 0 Å². The normalized spacial score (nSPS) is 15.7. The smallest absolute Gasteiger partial charge is 0.0540 e. The maximum Gasteiger partial charge on any atom is 0.0540 e. The standard InChI is InChI=1S/C85H74N2/c1-57-30-29-35-61(54-57)67-39-20-26-47-79(67)86(78-46-25-19-38-66(78)60-33-11-10-12-34-60)62-50-52-70-68-40-17-23-44-74(68)84(76(70)55-62,82(4,5)6)85(83(7,8)9)75-45-24-18-41-69(75)71-53-51-63(56-77(71)85)87(80-48-27-21-42-72(80)64-36-15-13-31-58(64)2)81-49-28-22-43-73(81)65-37-16-14-32-59(65)3/h10-56H,1-9H3. The summed E-state index contributed by atoms with van der Waals surface area (Å²) in [7, 11) is 0. The lowest BCUT2D eigenvalue weighted by molar-refractivity contribution is 0.0594. The summed E-state index contributed by atoms with van der Waals surface area (Å²) < 4.78 is 0. The Bertz CT molecular complexity index is 4520. The van der Waals surface area contributed by atoms with E-state index in [2.05, 4.69) is 357 Å². The van der Waals surface area contributed by atoms with Crippen LogP contribution < -0.4 is 9.80 Å². The van der Waals surface area contributed by atoms with Gasteiger partial charge in [0.05, 0.1) is 22.7 Å². The molecule has 0 radical (unpaired) electrons. The summed E-state index contributed by atoms with van der Waals surface area (Å²) in [4.78, 5) is 5.14. The first kappa shape index (κ1) is 55.1. The van der Waals surface area contributed by atoms with Gasteiger partial charge in [-0.25, -0.2) is 0 Å². The highest BCUT2D eigenvalue weighted by Gasteiger charge is 2.70. The van der Waals surface area contributed by atoms with Crippen LogP contribution in [0.3, 0.4) is 0 Å². The van der Waals surface area contributed by atoms with Crippen LogP contribution in [0.25, 0.3) is 66.8 Å². The summed E-state index contributed by atoms with van der Waals surface area (Å²) in [5.41, 5.74) is 28.2. The molecule has 2 aliphatic rings. The van der Waals surface area contributed by atoms with Gasteiger partial charge in [-0.15, -0.1) is 0 Å². The molecule has 12 aromatic rings. The van der Waals surface area contributed by atoms with E-state index in [1.807, 2.05) is 0 Å². The second-order valence-corrected chi connectivity index (χ2v) is 26.2. The lowest BCUT2D eigenvalue weighted by atomic mass is 9.39. The Kier molecular flexibility index (Phi) is 13.5. The third-order valence-electron chi connectivity index (χ3n) is 19.2. The van der Waals surface area contributed by atoms with Crippen LogP contribution in [0.2, 0.25) is 0 Å². The number of hydrogen-bond donors (Lipinski definition) is 0. The van der Waals surface area contributed by atoms with Gasteiger partial charge in [0.25, 0.3) is 0 Å². The fraction of sp³-hybridized carbons (Fsp3) is 0.153. The van der Waals surface area contributed by atoms with Crippen molar-refractivity contribution >= 4 is 34.1 Å². The molecule has 424 valence electrons. The molecule has 2 atom stereocenters. The zero-order valence-electron chi connectivity index (χ0n) is 51.5. The fourth-order valence-electron chi connectivity index (χ4n) is 16.0. The van der Waals surface area contributed by atoms with Crippen LogP contribution in [-0.2, 0) is 10.8 Å². The highest BCUT2D eigenvalue weighted by atomic mass is 15.2. The van der Waals surface area contributed by atoms with Crippen LogP contribution in [0.15, 0.2) is 285 Å². The first-order chi connectivity index (χ1) is 42.2. The highest BCUT2D eigenvalue weighted by Crippen LogP contribution is 2.75. The molecular weight excluding hydrogens is 1050 g/mol. The number of nitrogens with zero attached hydrogens (tertiary/aromatic N) is 2. The molecule has 0 amide bonds. The summed E-state index contributed by atoms with van der Waals surface area (Å²) in [6.07, 6.45) is 0. The highest BCUT2D eigenvalue weighted by molar-refractivity contribution is 5.99. The third-order valence-corrected chi connectivity index (χ3v) is 19.2. The van der Waals surface area contributed by atoms with E-state index in [-0.39, 0.29) is 0 Å². The van der Waals surface area contributed by atoms with Gasteiger partial charge in [0.1, 0.15) is 0 Å². The minimum atomic E-state index is -0.691. The van der Waals surface area contributed by atoms with Gasteiger partial charge in [-0.2, -0.15) is 0 Å². The Hall–Kier alpha value is -9.76. The van der Waals surface area contributed by atoms with Crippen molar-refractivity contribution in [1.29, 1.82) is 0 Å². The summed E-state index contributed by atoms with van der Waals surface area (Å²) >= 11 is 0. The molecule has 0 fully saturated rings. The molecule has 2 aliphatic carbocycles. The van der Waals surface area contributed by atoms with Gasteiger partial charge in [0, 0.05) is 44.5 Å². The molecule has 0 aliphatic heterocycles. The van der Waals surface area contributed by atoms with Crippen molar-refractivity contribution in [2.24, 2.45) is 10.8 Å². The molecule has 0 heterocycles. The van der Waals surface area contributed by atoms with E-state index in [9.17, 15) is 0 Å². The number of fused-ring (bicyclic) bond motifs is 6. The molecule has 14 rings (SSSR count). The predicted molar refractivity (Wildman–Crippen MR) is 370 cm³/mol. The second-order valence-electron chi connectivity index (χ2n) is 26.2. The van der Waals surface area contributed by atoms with E-state index in [1.165, 1.54) is 100 Å². The SMILES string of the molecule is Cc1cccc(-c2ccccc2N(c2ccc3c(c2)C(C(C)(C)C)(C2(C(C)(C)C)c4ccccc4-c4ccc(N(c5ccccc5-c5ccccc5C)c5ccccc5-c5ccccc5C)cc42)c2ccccc2-3)c2ccccc2-c2ccccc2)c1. The number of rotatable bonds is 11. The van der Waals surface area contributed by atoms with Crippen molar-refractivity contribution in [2.45, 2.75) is 73.1 Å². The Morgan fingerprint density at radius 3 is 0.977 bits per heavy atom. The number of benzene rings is 12. The maximum atomic E-state index is 2.63. The van der Waals surface area contributed by atoms with E-state index in [0.29, 0.717) is 0 Å². The zero-order valence-corrected chi connectivity index (χ0v) is 51.5. The molecule has 0 N–H and O–H groups in total. The quantitative estimate of drug-likeness (QED) is 0.127. The van der Waals surface area contributed by atoms with E-state index in [0.717, 1.165) is 39.7 Å². The van der Waals surface area contributed by atoms with Crippen molar-refractivity contribution in [1.82, 2.24) is 0 Å². The van der Waals surface area contributed by atoms with E-state index < -0.39 is 21.7 Å². The molecule has 2 unspecified atom stereocenters. The van der Waals surface area contributed by atoms with E-state index in [1.54, 1.807) is 0 Å². The summed E-state index contributed by atoms with van der Waals surface area (Å²) in [5, 5.41) is 0. The van der Waals surface area contributed by atoms with Gasteiger partial charge < -0.3 is 9.80 Å². The minimum absolute atomic E-state index is 0.411. The Balaban J connectivity index is 1.09. The van der Waals surface area contributed by atoms with Crippen LogP contribution in [-0.4, -0.2) is 0 Å². The molecule has 0 saturated carbocycles. The number of para-hydroxylation sites is 4. The Morgan fingerprint density at radius 1 is 0.241 bits per heavy atom. The molecule has 2 heteroatoms. The fourth-order valence-corrected chi connectivity index (χ4v) is 16.0. The van der Waals surface area contributed by atoms with Crippen LogP contribution in [0.1, 0.15) is 80.5 Å². The van der Waals surface area contributed by atoms with Crippen LogP contribution in [0.4, 0.5) is 34.1 Å². The average Bonchev–Trinajstić information content (AvgIpc) is 1.50. The molecule has 0 aromatic heterocycles. The molecule has 0 saturated heterocycles. The lowest BCUT2D eigenvalue weighted by Gasteiger charge is -2.62. The maximum absolute atomic E-state index is 2.63. The zero-order chi connectivity index (χ0) is 59.8. The van der Waals surface area contributed by atoms with Crippen LogP contribution >= 0.6 is 0 Å². The predicted octanol–water partition coefficient (Wildman–Crippen LogP) is 23.5. The number of hydrogen-bond acceptors (Lipinski definition) is 2. The largest absolute Gasteiger partial charge is 0.309 e. The van der Waals surface area contributed by atoms with Crippen LogP contribution in [0, 0.1) is 31.6 Å². The minimum Gasteiger partial charge on any atom is -0.309 e. The molecule has 2 nitrogen and oxygen atoms in total. The van der Waals surface area contributed by atoms with Gasteiger partial charge in [-0.3, -0.25) is 0 Å². The first-order valence-corrected chi connectivity index (χ1v) is 30.9. The topological polar surface area (TPSA) is 6.48 Å². The average molecular weight is 1120 g/mol. The summed E-state index contributed by atoms with van der Waals surface area (Å²) in [6, 6.07) is 107. The van der Waals surface area contributed by atoms with Crippen molar-refractivity contribution in [3.05, 3.63) is 324 Å². The second kappa shape index (κ2) is 21.3. The van der Waals surface area contributed by atoms with Gasteiger partial charge in [0.2, 0.25) is 0 Å². The number of aryl methyl sites for hydroxylation is 3. The van der Waals surface area contributed by atoms with Gasteiger partial charge in [0.15, 0.2) is 0 Å². The summed E-state index contributed by atoms with van der Waals surface area (Å²) in [6.45, 7) is 21.8. The first-order valence-electron chi connectivity index (χ1n) is 30.9. The molecule has 0 spiro atoms. The monoisotopic (exact) mass is 1120 g/mol. The van der Waals surface area contributed by atoms with Crippen molar-refractivity contribution < 1.29 is 0 Å². The number of anilines is 6. The van der Waals surface area contributed by atoms with Crippen molar-refractivity contribution in [3.63, 3.8) is 0 Å². The third kappa shape index (κ3) is 8.58. The Morgan fingerprint density at radius 2 is 0.563 bits per heavy atom. The van der Waals surface area contributed by atoms with Crippen LogP contribution in [0.5, 0.6) is 0 Å². The van der Waals surface area contributed by atoms with Crippen molar-refractivity contribution in [3.8, 4) is 66.8 Å².